The second-order valence-corrected chi connectivity index (χ2v) is 9.47. The van der Waals surface area contributed by atoms with Gasteiger partial charge in [0.05, 0.1) is 35.2 Å². The lowest BCUT2D eigenvalue weighted by Gasteiger charge is -2.26. The highest BCUT2D eigenvalue weighted by molar-refractivity contribution is 6.27. The molecule has 4 rings (SSSR count). The molecule has 0 aliphatic rings. The van der Waals surface area contributed by atoms with Crippen LogP contribution in [0.2, 0.25) is 0 Å². The molecule has 0 fully saturated rings. The van der Waals surface area contributed by atoms with Gasteiger partial charge in [0, 0.05) is 63.2 Å². The van der Waals surface area contributed by atoms with Gasteiger partial charge >= 0.3 is 0 Å². The number of benzene rings is 2. The number of amides is 1. The molecular weight excluding hydrogens is 542 g/mol. The third kappa shape index (κ3) is 6.29. The van der Waals surface area contributed by atoms with E-state index in [4.69, 9.17) is 16.3 Å². The zero-order valence-corrected chi connectivity index (χ0v) is 23.4. The fourth-order valence-corrected chi connectivity index (χ4v) is 4.15. The molecule has 0 unspecified atom stereocenters. The monoisotopic (exact) mass is 570 g/mol. The molecule has 0 atom stereocenters. The van der Waals surface area contributed by atoms with Crippen LogP contribution in [0.1, 0.15) is 0 Å². The second-order valence-electron chi connectivity index (χ2n) is 9.22. The van der Waals surface area contributed by atoms with Crippen molar-refractivity contribution >= 4 is 51.6 Å². The molecule has 0 aliphatic carbocycles. The highest BCUT2D eigenvalue weighted by Crippen LogP contribution is 2.38. The molecule has 0 saturated heterocycles. The lowest BCUT2D eigenvalue weighted by atomic mass is 10.2. The molecule has 4 aromatic rings. The number of aryl methyl sites for hydroxylation is 1. The van der Waals surface area contributed by atoms with Crippen LogP contribution in [-0.2, 0) is 11.8 Å². The van der Waals surface area contributed by atoms with E-state index >= 15 is 0 Å². The third-order valence-electron chi connectivity index (χ3n) is 6.14. The summed E-state index contributed by atoms with van der Waals surface area (Å²) < 4.78 is 34.9. The standard InChI is InChI=1S/C27H29ClF2N8O2/c1-36(2)10-11-37(3)22-15-24(40-5)21(14-20(22)32-25(39)6-8-28)35-27-31-9-7-18(34-27)26-33-19-12-16(29)17(30)13-23(19)38(26)4/h6-9,12-15H,10-11H2,1-5H3,(H,32,39)(H,31,34,35). The Morgan fingerprint density at radius 3 is 2.55 bits per heavy atom. The number of carbonyl (C=O) groups is 1. The summed E-state index contributed by atoms with van der Waals surface area (Å²) in [6.45, 7) is 1.48. The highest BCUT2D eigenvalue weighted by atomic mass is 35.5. The zero-order chi connectivity index (χ0) is 29.0. The Hall–Kier alpha value is -4.29. The summed E-state index contributed by atoms with van der Waals surface area (Å²) in [4.78, 5) is 29.7. The first-order chi connectivity index (χ1) is 19.1. The number of hydrogen-bond donors (Lipinski definition) is 2. The molecule has 2 N–H and O–H groups in total. The number of hydrogen-bond acceptors (Lipinski definition) is 8. The van der Waals surface area contributed by atoms with E-state index in [1.165, 1.54) is 19.4 Å². The van der Waals surface area contributed by atoms with E-state index in [0.29, 0.717) is 46.2 Å². The molecule has 13 heteroatoms. The van der Waals surface area contributed by atoms with Gasteiger partial charge in [-0.05, 0) is 26.2 Å². The molecule has 40 heavy (non-hydrogen) atoms. The van der Waals surface area contributed by atoms with Crippen LogP contribution in [-0.4, -0.2) is 71.7 Å². The Kier molecular flexibility index (Phi) is 8.80. The van der Waals surface area contributed by atoms with Gasteiger partial charge in [-0.2, -0.15) is 0 Å². The zero-order valence-electron chi connectivity index (χ0n) is 22.7. The molecule has 0 radical (unpaired) electrons. The van der Waals surface area contributed by atoms with Gasteiger partial charge in [-0.25, -0.2) is 23.7 Å². The average molecular weight is 571 g/mol. The normalized spacial score (nSPS) is 11.4. The number of nitrogens with zero attached hydrogens (tertiary/aromatic N) is 6. The van der Waals surface area contributed by atoms with Crippen LogP contribution in [0.15, 0.2) is 48.1 Å². The number of aromatic nitrogens is 4. The van der Waals surface area contributed by atoms with Crippen molar-refractivity contribution in [3.05, 3.63) is 59.8 Å². The maximum atomic E-state index is 13.8. The molecule has 210 valence electrons. The summed E-state index contributed by atoms with van der Waals surface area (Å²) >= 11 is 5.60. The number of likely N-dealkylation sites (N-methyl/N-ethyl adjacent to an activating group) is 2. The van der Waals surface area contributed by atoms with E-state index < -0.39 is 17.5 Å². The van der Waals surface area contributed by atoms with Crippen LogP contribution in [0.4, 0.5) is 31.8 Å². The van der Waals surface area contributed by atoms with Crippen molar-refractivity contribution in [2.75, 3.05) is 56.9 Å². The van der Waals surface area contributed by atoms with E-state index in [0.717, 1.165) is 29.9 Å². The summed E-state index contributed by atoms with van der Waals surface area (Å²) in [5.41, 5.74) is 4.02. The summed E-state index contributed by atoms with van der Waals surface area (Å²) in [6.07, 6.45) is 2.75. The van der Waals surface area contributed by atoms with Crippen LogP contribution in [0.25, 0.3) is 22.6 Å². The third-order valence-corrected chi connectivity index (χ3v) is 6.26. The molecule has 0 saturated carbocycles. The second kappa shape index (κ2) is 12.3. The van der Waals surface area contributed by atoms with Crippen molar-refractivity contribution in [1.29, 1.82) is 0 Å². The van der Waals surface area contributed by atoms with E-state index in [9.17, 15) is 13.6 Å². The Bertz CT molecular complexity index is 1570. The lowest BCUT2D eigenvalue weighted by molar-refractivity contribution is -0.111. The molecule has 0 bridgehead atoms. The Balaban J connectivity index is 1.71. The number of anilines is 4. The fraction of sp³-hybridized carbons (Fsp3) is 0.259. The predicted octanol–water partition coefficient (Wildman–Crippen LogP) is 4.75. The van der Waals surface area contributed by atoms with Gasteiger partial charge < -0.3 is 29.7 Å². The molecule has 0 spiro atoms. The van der Waals surface area contributed by atoms with Crippen LogP contribution >= 0.6 is 11.6 Å². The maximum absolute atomic E-state index is 13.8. The SMILES string of the molecule is COc1cc(N(C)CCN(C)C)c(NC(=O)C=CCl)cc1Nc1nccc(-c2nc3cc(F)c(F)cc3n2C)n1. The van der Waals surface area contributed by atoms with Crippen molar-refractivity contribution in [3.63, 3.8) is 0 Å². The maximum Gasteiger partial charge on any atom is 0.249 e. The highest BCUT2D eigenvalue weighted by Gasteiger charge is 2.18. The number of rotatable bonds is 10. The molecule has 1 amide bonds. The Morgan fingerprint density at radius 1 is 1.10 bits per heavy atom. The number of nitrogens with one attached hydrogen (secondary N) is 2. The predicted molar refractivity (Wildman–Crippen MR) is 153 cm³/mol. The summed E-state index contributed by atoms with van der Waals surface area (Å²) in [5, 5.41) is 5.99. The molecular formula is C27H29ClF2N8O2. The van der Waals surface area contributed by atoms with Crippen molar-refractivity contribution < 1.29 is 18.3 Å². The number of carbonyl (C=O) groups excluding carboxylic acids is 1. The van der Waals surface area contributed by atoms with E-state index in [2.05, 4.69) is 30.5 Å². The van der Waals surface area contributed by atoms with Crippen molar-refractivity contribution in [2.24, 2.45) is 7.05 Å². The largest absolute Gasteiger partial charge is 0.494 e. The Morgan fingerprint density at radius 2 is 1.85 bits per heavy atom. The smallest absolute Gasteiger partial charge is 0.249 e. The topological polar surface area (TPSA) is 100 Å². The van der Waals surface area contributed by atoms with Gasteiger partial charge in [0.15, 0.2) is 17.5 Å². The fourth-order valence-electron chi connectivity index (χ4n) is 4.03. The number of methoxy groups -OCH3 is 1. The number of imidazole rings is 1. The van der Waals surface area contributed by atoms with Gasteiger partial charge in [0.2, 0.25) is 11.9 Å². The summed E-state index contributed by atoms with van der Waals surface area (Å²) in [6, 6.07) is 7.31. The molecule has 10 nitrogen and oxygen atoms in total. The molecule has 2 heterocycles. The van der Waals surface area contributed by atoms with Crippen molar-refractivity contribution in [2.45, 2.75) is 0 Å². The first-order valence-corrected chi connectivity index (χ1v) is 12.6. The van der Waals surface area contributed by atoms with Gasteiger partial charge in [-0.15, -0.1) is 0 Å². The number of fused-ring (bicyclic) bond motifs is 1. The van der Waals surface area contributed by atoms with Gasteiger partial charge in [-0.3, -0.25) is 4.79 Å². The van der Waals surface area contributed by atoms with Crippen LogP contribution in [0.5, 0.6) is 5.75 Å². The van der Waals surface area contributed by atoms with E-state index in [1.54, 1.807) is 29.8 Å². The minimum Gasteiger partial charge on any atom is -0.494 e. The minimum atomic E-state index is -0.977. The Labute approximate surface area is 235 Å². The van der Waals surface area contributed by atoms with Crippen molar-refractivity contribution in [1.82, 2.24) is 24.4 Å². The van der Waals surface area contributed by atoms with E-state index in [-0.39, 0.29) is 5.95 Å². The number of ether oxygens (including phenoxy) is 1. The van der Waals surface area contributed by atoms with Crippen LogP contribution < -0.4 is 20.3 Å². The first-order valence-electron chi connectivity index (χ1n) is 12.2. The van der Waals surface area contributed by atoms with Gasteiger partial charge in [-0.1, -0.05) is 11.6 Å². The minimum absolute atomic E-state index is 0.215. The van der Waals surface area contributed by atoms with E-state index in [1.807, 2.05) is 26.0 Å². The summed E-state index contributed by atoms with van der Waals surface area (Å²) in [5.74, 6) is -1.24. The van der Waals surface area contributed by atoms with Gasteiger partial charge in [0.25, 0.3) is 0 Å². The quantitative estimate of drug-likeness (QED) is 0.264. The number of halogens is 3. The molecule has 0 aliphatic heterocycles. The first kappa shape index (κ1) is 28.7. The van der Waals surface area contributed by atoms with Crippen LogP contribution in [0, 0.1) is 11.6 Å². The summed E-state index contributed by atoms with van der Waals surface area (Å²) in [7, 11) is 9.10. The van der Waals surface area contributed by atoms with Gasteiger partial charge in [0.1, 0.15) is 11.4 Å². The van der Waals surface area contributed by atoms with Crippen molar-refractivity contribution in [3.8, 4) is 17.3 Å². The van der Waals surface area contributed by atoms with Crippen LogP contribution in [0.3, 0.4) is 0 Å². The average Bonchev–Trinajstić information content (AvgIpc) is 3.23. The molecule has 2 aromatic heterocycles. The lowest BCUT2D eigenvalue weighted by Crippen LogP contribution is -2.29. The molecule has 2 aromatic carbocycles.